The van der Waals surface area contributed by atoms with Gasteiger partial charge in [0.25, 0.3) is 5.91 Å². The van der Waals surface area contributed by atoms with Gasteiger partial charge in [-0.25, -0.2) is 0 Å². The molecule has 0 spiro atoms. The van der Waals surface area contributed by atoms with Crippen LogP contribution in [-0.2, 0) is 4.79 Å². The SMILES string of the molecule is Cc1ccccc1C(=O)NC1CCN(C(=O)CCCOc2ccccc2)CC1. The first kappa shape index (κ1) is 19.9. The van der Waals surface area contributed by atoms with E-state index in [0.29, 0.717) is 32.5 Å². The molecular weight excluding hydrogens is 352 g/mol. The van der Waals surface area contributed by atoms with Gasteiger partial charge in [-0.1, -0.05) is 36.4 Å². The summed E-state index contributed by atoms with van der Waals surface area (Å²) in [6, 6.07) is 17.4. The van der Waals surface area contributed by atoms with Gasteiger partial charge in [0, 0.05) is 31.1 Å². The van der Waals surface area contributed by atoms with E-state index in [0.717, 1.165) is 29.7 Å². The van der Waals surface area contributed by atoms with Crippen LogP contribution in [0.3, 0.4) is 0 Å². The van der Waals surface area contributed by atoms with Gasteiger partial charge in [0.15, 0.2) is 0 Å². The van der Waals surface area contributed by atoms with Crippen LogP contribution in [0, 0.1) is 6.92 Å². The summed E-state index contributed by atoms with van der Waals surface area (Å²) in [5, 5.41) is 3.11. The molecule has 2 aromatic carbocycles. The highest BCUT2D eigenvalue weighted by Crippen LogP contribution is 2.15. The number of carbonyl (C=O) groups is 2. The number of para-hydroxylation sites is 1. The number of hydrogen-bond donors (Lipinski definition) is 1. The molecule has 0 radical (unpaired) electrons. The molecule has 148 valence electrons. The Hall–Kier alpha value is -2.82. The predicted octanol–water partition coefficient (Wildman–Crippen LogP) is 3.58. The summed E-state index contributed by atoms with van der Waals surface area (Å²) in [5.41, 5.74) is 1.70. The van der Waals surface area contributed by atoms with E-state index in [9.17, 15) is 9.59 Å². The van der Waals surface area contributed by atoms with Crippen molar-refractivity contribution in [2.75, 3.05) is 19.7 Å². The summed E-state index contributed by atoms with van der Waals surface area (Å²) in [6.07, 6.45) is 2.79. The summed E-state index contributed by atoms with van der Waals surface area (Å²) in [7, 11) is 0. The number of nitrogens with one attached hydrogen (secondary N) is 1. The highest BCUT2D eigenvalue weighted by Gasteiger charge is 2.24. The van der Waals surface area contributed by atoms with Crippen molar-refractivity contribution in [3.8, 4) is 5.75 Å². The third kappa shape index (κ3) is 5.59. The fraction of sp³-hybridized carbons (Fsp3) is 0.391. The van der Waals surface area contributed by atoms with E-state index >= 15 is 0 Å². The lowest BCUT2D eigenvalue weighted by Crippen LogP contribution is -2.46. The maximum Gasteiger partial charge on any atom is 0.251 e. The number of nitrogens with zero attached hydrogens (tertiary/aromatic N) is 1. The molecule has 3 rings (SSSR count). The van der Waals surface area contributed by atoms with Crippen molar-refractivity contribution < 1.29 is 14.3 Å². The Morgan fingerprint density at radius 2 is 1.71 bits per heavy atom. The van der Waals surface area contributed by atoms with Crippen LogP contribution in [0.5, 0.6) is 5.75 Å². The van der Waals surface area contributed by atoms with Crippen molar-refractivity contribution in [2.45, 2.75) is 38.6 Å². The van der Waals surface area contributed by atoms with Crippen molar-refractivity contribution in [2.24, 2.45) is 0 Å². The average Bonchev–Trinajstić information content (AvgIpc) is 2.72. The summed E-state index contributed by atoms with van der Waals surface area (Å²) in [4.78, 5) is 26.7. The van der Waals surface area contributed by atoms with Gasteiger partial charge in [-0.3, -0.25) is 9.59 Å². The third-order valence-corrected chi connectivity index (χ3v) is 5.12. The van der Waals surface area contributed by atoms with E-state index in [1.165, 1.54) is 0 Å². The normalized spacial score (nSPS) is 14.5. The van der Waals surface area contributed by atoms with Gasteiger partial charge < -0.3 is 15.0 Å². The molecule has 1 saturated heterocycles. The van der Waals surface area contributed by atoms with Gasteiger partial charge in [0.05, 0.1) is 6.61 Å². The smallest absolute Gasteiger partial charge is 0.251 e. The van der Waals surface area contributed by atoms with E-state index in [1.807, 2.05) is 66.4 Å². The first-order valence-electron chi connectivity index (χ1n) is 9.95. The Kier molecular flexibility index (Phi) is 7.06. The Morgan fingerprint density at radius 1 is 1.04 bits per heavy atom. The van der Waals surface area contributed by atoms with Crippen molar-refractivity contribution in [1.82, 2.24) is 10.2 Å². The number of benzene rings is 2. The molecule has 28 heavy (non-hydrogen) atoms. The Labute approximate surface area is 166 Å². The molecule has 0 unspecified atom stereocenters. The molecule has 0 bridgehead atoms. The zero-order valence-electron chi connectivity index (χ0n) is 16.4. The highest BCUT2D eigenvalue weighted by atomic mass is 16.5. The third-order valence-electron chi connectivity index (χ3n) is 5.12. The van der Waals surface area contributed by atoms with Crippen LogP contribution >= 0.6 is 0 Å². The van der Waals surface area contributed by atoms with Crippen molar-refractivity contribution in [3.05, 3.63) is 65.7 Å². The Bertz CT molecular complexity index is 783. The lowest BCUT2D eigenvalue weighted by molar-refractivity contribution is -0.132. The molecule has 5 heteroatoms. The van der Waals surface area contributed by atoms with E-state index in [4.69, 9.17) is 4.74 Å². The van der Waals surface area contributed by atoms with Crippen LogP contribution in [0.1, 0.15) is 41.6 Å². The van der Waals surface area contributed by atoms with Crippen LogP contribution in [0.4, 0.5) is 0 Å². The number of amides is 2. The van der Waals surface area contributed by atoms with Gasteiger partial charge in [-0.15, -0.1) is 0 Å². The van der Waals surface area contributed by atoms with Crippen LogP contribution < -0.4 is 10.1 Å². The first-order chi connectivity index (χ1) is 13.6. The lowest BCUT2D eigenvalue weighted by atomic mass is 10.0. The van der Waals surface area contributed by atoms with E-state index in [1.54, 1.807) is 0 Å². The topological polar surface area (TPSA) is 58.6 Å². The second-order valence-electron chi connectivity index (χ2n) is 7.21. The van der Waals surface area contributed by atoms with Gasteiger partial charge in [-0.2, -0.15) is 0 Å². The number of rotatable bonds is 7. The van der Waals surface area contributed by atoms with E-state index < -0.39 is 0 Å². The molecule has 0 saturated carbocycles. The molecule has 5 nitrogen and oxygen atoms in total. The monoisotopic (exact) mass is 380 g/mol. The Morgan fingerprint density at radius 3 is 2.43 bits per heavy atom. The zero-order valence-corrected chi connectivity index (χ0v) is 16.4. The number of ether oxygens (including phenoxy) is 1. The van der Waals surface area contributed by atoms with Crippen molar-refractivity contribution in [1.29, 1.82) is 0 Å². The summed E-state index contributed by atoms with van der Waals surface area (Å²) < 4.78 is 5.64. The maximum absolute atomic E-state index is 12.4. The molecule has 1 aliphatic rings. The minimum atomic E-state index is -0.0269. The second kappa shape index (κ2) is 9.93. The van der Waals surface area contributed by atoms with E-state index in [-0.39, 0.29) is 17.9 Å². The number of aryl methyl sites for hydroxylation is 1. The lowest BCUT2D eigenvalue weighted by Gasteiger charge is -2.32. The molecule has 0 atom stereocenters. The quantitative estimate of drug-likeness (QED) is 0.747. The van der Waals surface area contributed by atoms with E-state index in [2.05, 4.69) is 5.32 Å². The second-order valence-corrected chi connectivity index (χ2v) is 7.21. The summed E-state index contributed by atoms with van der Waals surface area (Å²) in [5.74, 6) is 0.974. The van der Waals surface area contributed by atoms with Gasteiger partial charge in [0.1, 0.15) is 5.75 Å². The molecule has 0 aliphatic carbocycles. The van der Waals surface area contributed by atoms with Crippen molar-refractivity contribution >= 4 is 11.8 Å². The number of likely N-dealkylation sites (tertiary alicyclic amines) is 1. The number of hydrogen-bond acceptors (Lipinski definition) is 3. The average molecular weight is 380 g/mol. The number of piperidine rings is 1. The molecular formula is C23H28N2O3. The molecule has 1 fully saturated rings. The molecule has 1 N–H and O–H groups in total. The molecule has 1 aliphatic heterocycles. The minimum absolute atomic E-state index is 0.0269. The van der Waals surface area contributed by atoms with Gasteiger partial charge in [-0.05, 0) is 49.9 Å². The molecule has 2 amide bonds. The fourth-order valence-corrected chi connectivity index (χ4v) is 3.45. The van der Waals surface area contributed by atoms with Crippen LogP contribution in [0.15, 0.2) is 54.6 Å². The predicted molar refractivity (Wildman–Crippen MR) is 109 cm³/mol. The minimum Gasteiger partial charge on any atom is -0.494 e. The molecule has 1 heterocycles. The fourth-order valence-electron chi connectivity index (χ4n) is 3.45. The van der Waals surface area contributed by atoms with Crippen LogP contribution in [0.25, 0.3) is 0 Å². The summed E-state index contributed by atoms with van der Waals surface area (Å²) in [6.45, 7) is 3.87. The molecule has 0 aromatic heterocycles. The first-order valence-corrected chi connectivity index (χ1v) is 9.95. The number of carbonyl (C=O) groups excluding carboxylic acids is 2. The standard InChI is InChI=1S/C23H28N2O3/c1-18-8-5-6-11-21(18)23(27)24-19-13-15-25(16-14-19)22(26)12-7-17-28-20-9-3-2-4-10-20/h2-6,8-11,19H,7,12-17H2,1H3,(H,24,27). The maximum atomic E-state index is 12.4. The van der Waals surface area contributed by atoms with Crippen molar-refractivity contribution in [3.63, 3.8) is 0 Å². The molecule has 2 aromatic rings. The van der Waals surface area contributed by atoms with Crippen LogP contribution in [0.2, 0.25) is 0 Å². The summed E-state index contributed by atoms with van der Waals surface area (Å²) >= 11 is 0. The van der Waals surface area contributed by atoms with Gasteiger partial charge in [0.2, 0.25) is 5.91 Å². The largest absolute Gasteiger partial charge is 0.494 e. The Balaban J connectivity index is 1.36. The highest BCUT2D eigenvalue weighted by molar-refractivity contribution is 5.95. The zero-order chi connectivity index (χ0) is 19.8. The van der Waals surface area contributed by atoms with Gasteiger partial charge >= 0.3 is 0 Å². The van der Waals surface area contributed by atoms with Crippen LogP contribution in [-0.4, -0.2) is 42.5 Å².